The molecular weight excluding hydrogens is 322 g/mol. The van der Waals surface area contributed by atoms with Crippen LogP contribution in [0.2, 0.25) is 0 Å². The van der Waals surface area contributed by atoms with Crippen LogP contribution in [0.15, 0.2) is 18.2 Å². The van der Waals surface area contributed by atoms with Crippen molar-refractivity contribution in [2.24, 2.45) is 11.7 Å². The molecule has 8 heteroatoms. The van der Waals surface area contributed by atoms with E-state index in [2.05, 4.69) is 0 Å². The highest BCUT2D eigenvalue weighted by Crippen LogP contribution is 2.33. The van der Waals surface area contributed by atoms with Crippen LogP contribution in [0.4, 0.5) is 8.78 Å². The molecule has 0 aliphatic carbocycles. The first-order chi connectivity index (χ1) is 11.3. The first-order valence-electron chi connectivity index (χ1n) is 7.44. The van der Waals surface area contributed by atoms with Gasteiger partial charge in [-0.2, -0.15) is 0 Å². The van der Waals surface area contributed by atoms with E-state index in [-0.39, 0.29) is 13.1 Å². The van der Waals surface area contributed by atoms with Crippen LogP contribution in [0.1, 0.15) is 18.4 Å². The van der Waals surface area contributed by atoms with E-state index in [4.69, 9.17) is 15.2 Å². The molecule has 0 unspecified atom stereocenters. The Morgan fingerprint density at radius 1 is 1.38 bits per heavy atom. The van der Waals surface area contributed by atoms with Crippen molar-refractivity contribution in [1.29, 1.82) is 0 Å². The highest BCUT2D eigenvalue weighted by Gasteiger charge is 2.43. The standard InChI is InChI=1S/C16H20F2N2O4/c1-23-11-4-3-10(13(7-11)24-2)9-20-6-5-16(17,18)8-12(14(19)21)15(20)22/h3-4,7,12H,5-6,8-9H2,1-2H3,(H2,19,21)/t12-/m1/s1. The normalized spacial score (nSPS) is 20.4. The summed E-state index contributed by atoms with van der Waals surface area (Å²) in [6.07, 6.45) is -1.36. The lowest BCUT2D eigenvalue weighted by atomic mass is 9.99. The third-order valence-electron chi connectivity index (χ3n) is 4.06. The molecule has 1 aliphatic rings. The second-order valence-corrected chi connectivity index (χ2v) is 5.70. The summed E-state index contributed by atoms with van der Waals surface area (Å²) in [5.41, 5.74) is 5.76. The molecule has 1 aliphatic heterocycles. The van der Waals surface area contributed by atoms with Gasteiger partial charge in [0.1, 0.15) is 17.4 Å². The molecule has 1 saturated heterocycles. The zero-order chi connectivity index (χ0) is 17.9. The zero-order valence-electron chi connectivity index (χ0n) is 13.6. The van der Waals surface area contributed by atoms with Crippen molar-refractivity contribution >= 4 is 11.8 Å². The van der Waals surface area contributed by atoms with Gasteiger partial charge in [-0.25, -0.2) is 8.78 Å². The molecule has 1 heterocycles. The average molecular weight is 342 g/mol. The number of halogens is 2. The van der Waals surface area contributed by atoms with Crippen molar-refractivity contribution < 1.29 is 27.8 Å². The number of primary amides is 1. The molecule has 0 radical (unpaired) electrons. The molecule has 0 bridgehead atoms. The Morgan fingerprint density at radius 2 is 2.08 bits per heavy atom. The van der Waals surface area contributed by atoms with E-state index < -0.39 is 36.5 Å². The number of carbonyl (C=O) groups is 2. The Morgan fingerprint density at radius 3 is 2.67 bits per heavy atom. The van der Waals surface area contributed by atoms with E-state index in [0.29, 0.717) is 17.1 Å². The van der Waals surface area contributed by atoms with Gasteiger partial charge in [-0.1, -0.05) is 0 Å². The zero-order valence-corrected chi connectivity index (χ0v) is 13.6. The van der Waals surface area contributed by atoms with Crippen molar-refractivity contribution in [3.8, 4) is 11.5 Å². The monoisotopic (exact) mass is 342 g/mol. The van der Waals surface area contributed by atoms with Crippen molar-refractivity contribution in [3.63, 3.8) is 0 Å². The summed E-state index contributed by atoms with van der Waals surface area (Å²) in [5, 5.41) is 0. The number of nitrogens with two attached hydrogens (primary N) is 1. The van der Waals surface area contributed by atoms with Crippen molar-refractivity contribution in [2.45, 2.75) is 25.3 Å². The molecule has 132 valence electrons. The minimum absolute atomic E-state index is 0.0475. The van der Waals surface area contributed by atoms with Crippen LogP contribution >= 0.6 is 0 Å². The van der Waals surface area contributed by atoms with Gasteiger partial charge in [0.25, 0.3) is 5.92 Å². The van der Waals surface area contributed by atoms with Gasteiger partial charge in [-0.15, -0.1) is 0 Å². The second kappa shape index (κ2) is 7.02. The Kier molecular flexibility index (Phi) is 5.26. The van der Waals surface area contributed by atoms with Crippen LogP contribution in [-0.4, -0.2) is 43.4 Å². The van der Waals surface area contributed by atoms with Crippen molar-refractivity contribution in [1.82, 2.24) is 4.90 Å². The molecule has 1 aromatic carbocycles. The lowest BCUT2D eigenvalue weighted by Crippen LogP contribution is -2.40. The molecule has 2 rings (SSSR count). The summed E-state index contributed by atoms with van der Waals surface area (Å²) in [5.74, 6) is -5.31. The third kappa shape index (κ3) is 3.93. The highest BCUT2D eigenvalue weighted by molar-refractivity contribution is 5.99. The fraction of sp³-hybridized carbons (Fsp3) is 0.500. The molecule has 2 amide bonds. The van der Waals surface area contributed by atoms with Crippen LogP contribution in [-0.2, 0) is 16.1 Å². The SMILES string of the molecule is COc1ccc(CN2CCC(F)(F)C[C@H](C(N)=O)C2=O)c(OC)c1. The van der Waals surface area contributed by atoms with Crippen LogP contribution in [0, 0.1) is 5.92 Å². The van der Waals surface area contributed by atoms with Crippen molar-refractivity contribution in [2.75, 3.05) is 20.8 Å². The number of nitrogens with zero attached hydrogens (tertiary/aromatic N) is 1. The molecule has 24 heavy (non-hydrogen) atoms. The lowest BCUT2D eigenvalue weighted by Gasteiger charge is -2.24. The first-order valence-corrected chi connectivity index (χ1v) is 7.44. The molecule has 1 atom stereocenters. The minimum atomic E-state index is -3.10. The average Bonchev–Trinajstić information content (AvgIpc) is 2.66. The maximum Gasteiger partial charge on any atom is 0.251 e. The summed E-state index contributed by atoms with van der Waals surface area (Å²) >= 11 is 0. The minimum Gasteiger partial charge on any atom is -0.497 e. The van der Waals surface area contributed by atoms with Gasteiger partial charge in [0, 0.05) is 37.6 Å². The predicted molar refractivity (Wildman–Crippen MR) is 81.8 cm³/mol. The number of ether oxygens (including phenoxy) is 2. The van der Waals surface area contributed by atoms with Gasteiger partial charge in [0.15, 0.2) is 0 Å². The number of hydrogen-bond acceptors (Lipinski definition) is 4. The smallest absolute Gasteiger partial charge is 0.251 e. The predicted octanol–water partition coefficient (Wildman–Crippen LogP) is 1.56. The summed E-state index contributed by atoms with van der Waals surface area (Å²) in [6.45, 7) is -0.114. The quantitative estimate of drug-likeness (QED) is 0.824. The Balaban J connectivity index is 2.27. The van der Waals surface area contributed by atoms with E-state index in [1.165, 1.54) is 19.1 Å². The lowest BCUT2D eigenvalue weighted by molar-refractivity contribution is -0.142. The van der Waals surface area contributed by atoms with Gasteiger partial charge in [-0.3, -0.25) is 9.59 Å². The number of likely N-dealkylation sites (tertiary alicyclic amines) is 1. The van der Waals surface area contributed by atoms with E-state index >= 15 is 0 Å². The number of carbonyl (C=O) groups excluding carboxylic acids is 2. The fourth-order valence-electron chi connectivity index (χ4n) is 2.68. The van der Waals surface area contributed by atoms with E-state index in [1.54, 1.807) is 18.2 Å². The summed E-state index contributed by atoms with van der Waals surface area (Å²) in [4.78, 5) is 25.1. The van der Waals surface area contributed by atoms with Gasteiger partial charge < -0.3 is 20.1 Å². The molecular formula is C16H20F2N2O4. The molecule has 0 spiro atoms. The van der Waals surface area contributed by atoms with E-state index in [9.17, 15) is 18.4 Å². The maximum atomic E-state index is 13.8. The van der Waals surface area contributed by atoms with E-state index in [0.717, 1.165) is 0 Å². The van der Waals surface area contributed by atoms with Crippen molar-refractivity contribution in [3.05, 3.63) is 23.8 Å². The number of methoxy groups -OCH3 is 2. The number of hydrogen-bond donors (Lipinski definition) is 1. The topological polar surface area (TPSA) is 81.9 Å². The van der Waals surface area contributed by atoms with E-state index in [1.807, 2.05) is 0 Å². The largest absolute Gasteiger partial charge is 0.497 e. The van der Waals surface area contributed by atoms with Crippen LogP contribution in [0.5, 0.6) is 11.5 Å². The van der Waals surface area contributed by atoms with Gasteiger partial charge >= 0.3 is 0 Å². The van der Waals surface area contributed by atoms with Crippen LogP contribution in [0.25, 0.3) is 0 Å². The van der Waals surface area contributed by atoms with Gasteiger partial charge in [0.05, 0.1) is 14.2 Å². The van der Waals surface area contributed by atoms with Crippen LogP contribution in [0.3, 0.4) is 0 Å². The first kappa shape index (κ1) is 18.0. The Hall–Kier alpha value is -2.38. The number of benzene rings is 1. The molecule has 6 nitrogen and oxygen atoms in total. The molecule has 0 aromatic heterocycles. The molecule has 1 fully saturated rings. The third-order valence-corrected chi connectivity index (χ3v) is 4.06. The maximum absolute atomic E-state index is 13.8. The Labute approximate surface area is 138 Å². The number of rotatable bonds is 5. The molecule has 0 saturated carbocycles. The second-order valence-electron chi connectivity index (χ2n) is 5.70. The molecule has 1 aromatic rings. The fourth-order valence-corrected chi connectivity index (χ4v) is 2.68. The number of alkyl halides is 2. The highest BCUT2D eigenvalue weighted by atomic mass is 19.3. The van der Waals surface area contributed by atoms with Gasteiger partial charge in [0.2, 0.25) is 11.8 Å². The summed E-state index contributed by atoms with van der Waals surface area (Å²) < 4.78 is 37.9. The van der Waals surface area contributed by atoms with Crippen LogP contribution < -0.4 is 15.2 Å². The summed E-state index contributed by atoms with van der Waals surface area (Å²) in [7, 11) is 2.97. The number of amides is 2. The molecule has 2 N–H and O–H groups in total. The summed E-state index contributed by atoms with van der Waals surface area (Å²) in [6, 6.07) is 5.01. The Bertz CT molecular complexity index is 637. The van der Waals surface area contributed by atoms with Gasteiger partial charge in [-0.05, 0) is 12.1 Å².